The van der Waals surface area contributed by atoms with Crippen LogP contribution in [-0.4, -0.2) is 37.0 Å². The molecule has 2 aromatic heterocycles. The number of ether oxygens (including phenoxy) is 1. The number of fused-ring (bicyclic) bond motifs is 1. The van der Waals surface area contributed by atoms with Gasteiger partial charge in [-0.2, -0.15) is 13.2 Å². The summed E-state index contributed by atoms with van der Waals surface area (Å²) in [5.41, 5.74) is 3.97. The van der Waals surface area contributed by atoms with Crippen molar-refractivity contribution < 1.29 is 32.3 Å². The fourth-order valence-corrected chi connectivity index (χ4v) is 7.05. The van der Waals surface area contributed by atoms with Gasteiger partial charge in [-0.15, -0.1) is 0 Å². The van der Waals surface area contributed by atoms with E-state index in [0.717, 1.165) is 50.5 Å². The number of benzene rings is 3. The van der Waals surface area contributed by atoms with E-state index in [2.05, 4.69) is 20.9 Å². The molecule has 0 spiro atoms. The number of alkyl halides is 3. The number of nitrogens with one attached hydrogen (secondary N) is 3. The minimum Gasteiger partial charge on any atom is -0.486 e. The molecule has 0 radical (unpaired) electrons. The molecule has 6 rings (SSSR count). The molecule has 3 aromatic carbocycles. The van der Waals surface area contributed by atoms with Crippen LogP contribution in [-0.2, 0) is 31.0 Å². The van der Waals surface area contributed by atoms with Crippen LogP contribution in [0.25, 0.3) is 11.2 Å². The number of amides is 4. The molecule has 1 aliphatic rings. The van der Waals surface area contributed by atoms with E-state index in [1.807, 2.05) is 74.0 Å². The van der Waals surface area contributed by atoms with Crippen molar-refractivity contribution in [3.63, 3.8) is 0 Å². The predicted octanol–water partition coefficient (Wildman–Crippen LogP) is 7.87. The average Bonchev–Trinajstić information content (AvgIpc) is 3.54. The second-order valence-electron chi connectivity index (χ2n) is 11.3. The molecule has 3 heterocycles. The van der Waals surface area contributed by atoms with Gasteiger partial charge < -0.3 is 19.9 Å². The predicted molar refractivity (Wildman–Crippen MR) is 182 cm³/mol. The summed E-state index contributed by atoms with van der Waals surface area (Å²) in [5.74, 6) is 1.05. The Hall–Kier alpha value is -5.02. The first-order chi connectivity index (χ1) is 23.3. The monoisotopic (exact) mass is 706 g/mol. The Balaban J connectivity index is 1.07. The number of aryl methyl sites for hydroxylation is 3. The molecule has 1 saturated heterocycles. The van der Waals surface area contributed by atoms with Gasteiger partial charge in [0.1, 0.15) is 28.7 Å². The van der Waals surface area contributed by atoms with E-state index >= 15 is 0 Å². The summed E-state index contributed by atoms with van der Waals surface area (Å²) < 4.78 is 46.4. The Kier molecular flexibility index (Phi) is 9.56. The van der Waals surface area contributed by atoms with Crippen molar-refractivity contribution in [2.45, 2.75) is 48.2 Å². The maximum atomic E-state index is 12.8. The summed E-state index contributed by atoms with van der Waals surface area (Å²) in [5, 5.41) is 7.65. The summed E-state index contributed by atoms with van der Waals surface area (Å²) in [4.78, 5) is 46.3. The molecule has 49 heavy (non-hydrogen) atoms. The summed E-state index contributed by atoms with van der Waals surface area (Å²) in [6.07, 6.45) is -4.00. The van der Waals surface area contributed by atoms with Gasteiger partial charge in [0.05, 0.1) is 10.8 Å². The second kappa shape index (κ2) is 13.8. The minimum absolute atomic E-state index is 0.212. The van der Waals surface area contributed by atoms with Crippen LogP contribution in [0, 0.1) is 13.8 Å². The highest BCUT2D eigenvalue weighted by Gasteiger charge is 2.31. The molecule has 0 bridgehead atoms. The Labute approximate surface area is 287 Å². The number of pyridine rings is 1. The Bertz CT molecular complexity index is 2040. The number of carbonyl (C=O) groups excluding carboxylic acids is 3. The van der Waals surface area contributed by atoms with Crippen molar-refractivity contribution in [2.75, 3.05) is 10.6 Å². The van der Waals surface area contributed by atoms with E-state index in [4.69, 9.17) is 9.72 Å². The highest BCUT2D eigenvalue weighted by atomic mass is 32.2. The van der Waals surface area contributed by atoms with Crippen LogP contribution >= 0.6 is 23.5 Å². The fraction of sp³-hybridized carbons (Fsp3) is 0.206. The lowest BCUT2D eigenvalue weighted by Gasteiger charge is -2.15. The van der Waals surface area contributed by atoms with Crippen LogP contribution in [0.2, 0.25) is 0 Å². The van der Waals surface area contributed by atoms with E-state index < -0.39 is 23.0 Å². The number of rotatable bonds is 9. The summed E-state index contributed by atoms with van der Waals surface area (Å²) in [6, 6.07) is 18.7. The lowest BCUT2D eigenvalue weighted by molar-refractivity contribution is -0.137. The van der Waals surface area contributed by atoms with Crippen LogP contribution in [0.3, 0.4) is 0 Å². The lowest BCUT2D eigenvalue weighted by Crippen LogP contribution is -2.25. The van der Waals surface area contributed by atoms with Gasteiger partial charge in [0, 0.05) is 23.3 Å². The van der Waals surface area contributed by atoms with Crippen molar-refractivity contribution in [3.05, 3.63) is 101 Å². The third-order valence-electron chi connectivity index (χ3n) is 7.70. The number of aromatic nitrogens is 3. The van der Waals surface area contributed by atoms with E-state index in [-0.39, 0.29) is 23.4 Å². The van der Waals surface area contributed by atoms with Gasteiger partial charge in [-0.1, -0.05) is 35.7 Å². The number of hydrogen-bond donors (Lipinski definition) is 3. The number of thioether (sulfide) groups is 1. The molecular weight excluding hydrogens is 678 g/mol. The number of carbonyl (C=O) groups is 3. The number of hydrogen-bond acceptors (Lipinski definition) is 8. The van der Waals surface area contributed by atoms with Gasteiger partial charge in [-0.25, -0.2) is 14.8 Å². The topological polar surface area (TPSA) is 127 Å². The number of imidazole rings is 1. The van der Waals surface area contributed by atoms with Gasteiger partial charge >= 0.3 is 12.2 Å². The molecule has 1 fully saturated rings. The molecule has 1 unspecified atom stereocenters. The zero-order valence-corrected chi connectivity index (χ0v) is 28.0. The van der Waals surface area contributed by atoms with E-state index in [9.17, 15) is 27.6 Å². The zero-order chi connectivity index (χ0) is 34.9. The van der Waals surface area contributed by atoms with Gasteiger partial charge in [-0.3, -0.25) is 14.9 Å². The molecular formula is C34H29F3N6O4S2. The molecule has 1 aliphatic heterocycles. The van der Waals surface area contributed by atoms with Crippen LogP contribution in [0.5, 0.6) is 5.75 Å². The first-order valence-corrected chi connectivity index (χ1v) is 16.6. The third kappa shape index (κ3) is 8.00. The maximum absolute atomic E-state index is 12.8. The van der Waals surface area contributed by atoms with Crippen molar-refractivity contribution in [2.24, 2.45) is 7.05 Å². The van der Waals surface area contributed by atoms with Crippen molar-refractivity contribution in [1.29, 1.82) is 0 Å². The SMILES string of the molecule is Cc1cc(Sc2ccc3nc(COc4ccc(CC5SC(=O)NC5=O)cc4)n(C)c3n2)cc(C)c1NC(=O)Nc1ccc(C(F)(F)F)cc1. The normalized spacial score (nSPS) is 14.6. The largest absolute Gasteiger partial charge is 0.486 e. The molecule has 0 aliphatic carbocycles. The van der Waals surface area contributed by atoms with Crippen molar-refractivity contribution in [3.8, 4) is 5.75 Å². The molecule has 10 nitrogen and oxygen atoms in total. The summed E-state index contributed by atoms with van der Waals surface area (Å²) >= 11 is 2.46. The zero-order valence-electron chi connectivity index (χ0n) is 26.3. The molecule has 5 aromatic rings. The summed E-state index contributed by atoms with van der Waals surface area (Å²) in [7, 11) is 1.87. The molecule has 0 saturated carbocycles. The Morgan fingerprint density at radius 2 is 1.67 bits per heavy atom. The minimum atomic E-state index is -4.45. The highest BCUT2D eigenvalue weighted by molar-refractivity contribution is 8.15. The Morgan fingerprint density at radius 3 is 2.31 bits per heavy atom. The average molecular weight is 707 g/mol. The van der Waals surface area contributed by atoms with Crippen LogP contribution in [0.1, 0.15) is 28.1 Å². The smallest absolute Gasteiger partial charge is 0.416 e. The van der Waals surface area contributed by atoms with Crippen molar-refractivity contribution >= 4 is 63.2 Å². The van der Waals surface area contributed by atoms with E-state index in [1.54, 1.807) is 0 Å². The molecule has 3 N–H and O–H groups in total. The van der Waals surface area contributed by atoms with E-state index in [1.165, 1.54) is 23.9 Å². The van der Waals surface area contributed by atoms with Gasteiger partial charge in [0.15, 0.2) is 5.65 Å². The quantitative estimate of drug-likeness (QED) is 0.141. The van der Waals surface area contributed by atoms with Crippen LogP contribution in [0.4, 0.5) is 34.1 Å². The maximum Gasteiger partial charge on any atom is 0.416 e. The molecule has 4 amide bonds. The first kappa shape index (κ1) is 33.9. The van der Waals surface area contributed by atoms with Crippen LogP contribution in [0.15, 0.2) is 82.7 Å². The first-order valence-electron chi connectivity index (χ1n) is 14.9. The lowest BCUT2D eigenvalue weighted by atomic mass is 10.1. The van der Waals surface area contributed by atoms with Crippen LogP contribution < -0.4 is 20.7 Å². The number of anilines is 2. The van der Waals surface area contributed by atoms with Gasteiger partial charge in [-0.05, 0) is 97.6 Å². The standard InChI is InChI=1S/C34H29F3N6O4S2/c1-18-14-24(15-19(2)29(18)41-32(45)38-22-8-6-21(7-9-22)34(35,36)37)48-28-13-12-25-30(40-28)43(3)27(39-25)17-47-23-10-4-20(5-11-23)16-26-31(44)42-33(46)49-26/h4-15,26H,16-17H2,1-3H3,(H2,38,41,45)(H,42,44,46). The fourth-order valence-electron chi connectivity index (χ4n) is 5.21. The van der Waals surface area contributed by atoms with E-state index in [0.29, 0.717) is 34.8 Å². The van der Waals surface area contributed by atoms with Gasteiger partial charge in [0.2, 0.25) is 5.91 Å². The molecule has 1 atom stereocenters. The highest BCUT2D eigenvalue weighted by Crippen LogP contribution is 2.34. The van der Waals surface area contributed by atoms with Crippen molar-refractivity contribution in [1.82, 2.24) is 19.9 Å². The molecule has 15 heteroatoms. The van der Waals surface area contributed by atoms with Gasteiger partial charge in [0.25, 0.3) is 5.24 Å². The third-order valence-corrected chi connectivity index (χ3v) is 9.59. The Morgan fingerprint density at radius 1 is 0.980 bits per heavy atom. The summed E-state index contributed by atoms with van der Waals surface area (Å²) in [6.45, 7) is 3.93. The number of imide groups is 1. The number of urea groups is 1. The second-order valence-corrected chi connectivity index (χ2v) is 13.6. The molecule has 252 valence electrons. The number of halogens is 3. The number of nitrogens with zero attached hydrogens (tertiary/aromatic N) is 3.